The minimum Gasteiger partial charge on any atom is -0.366 e. The summed E-state index contributed by atoms with van der Waals surface area (Å²) in [7, 11) is 4.09. The number of rotatable bonds is 6. The highest BCUT2D eigenvalue weighted by molar-refractivity contribution is 6.07. The normalized spacial score (nSPS) is 12.7. The van der Waals surface area contributed by atoms with Crippen molar-refractivity contribution in [3.63, 3.8) is 0 Å². The van der Waals surface area contributed by atoms with Crippen molar-refractivity contribution in [2.45, 2.75) is 40.2 Å². The number of aromatic amines is 1. The number of primary amides is 1. The Labute approximate surface area is 171 Å². The molecule has 1 atom stereocenters. The number of pyridine rings is 1. The van der Waals surface area contributed by atoms with Crippen molar-refractivity contribution in [3.8, 4) is 0 Å². The van der Waals surface area contributed by atoms with E-state index in [1.54, 1.807) is 0 Å². The second-order valence-corrected chi connectivity index (χ2v) is 8.35. The van der Waals surface area contributed by atoms with Gasteiger partial charge in [0, 0.05) is 52.9 Å². The highest BCUT2D eigenvalue weighted by Gasteiger charge is 2.19. The number of likely N-dealkylation sites (N-methyl/N-ethyl adjacent to an activating group) is 1. The van der Waals surface area contributed by atoms with E-state index in [-0.39, 0.29) is 11.6 Å². The first kappa shape index (κ1) is 20.9. The van der Waals surface area contributed by atoms with Crippen LogP contribution in [0.5, 0.6) is 0 Å². The van der Waals surface area contributed by atoms with E-state index in [4.69, 9.17) is 5.73 Å². The Morgan fingerprint density at radius 2 is 1.86 bits per heavy atom. The fourth-order valence-corrected chi connectivity index (χ4v) is 4.23. The monoisotopic (exact) mass is 394 g/mol. The molecule has 1 unspecified atom stereocenters. The van der Waals surface area contributed by atoms with E-state index in [9.17, 15) is 9.59 Å². The van der Waals surface area contributed by atoms with Crippen molar-refractivity contribution in [2.24, 2.45) is 5.73 Å². The summed E-state index contributed by atoms with van der Waals surface area (Å²) in [5, 5.41) is 0.890. The second-order valence-electron chi connectivity index (χ2n) is 8.35. The smallest absolute Gasteiger partial charge is 0.251 e. The van der Waals surface area contributed by atoms with Gasteiger partial charge < -0.3 is 20.2 Å². The molecule has 3 N–H and O–H groups in total. The van der Waals surface area contributed by atoms with Gasteiger partial charge in [0.25, 0.3) is 5.56 Å². The standard InChI is InChI=1S/C23H30N4O2/c1-13-7-15(3)25-23(29)18(13)8-17-9-19(22(24)28)21-14(2)11-27(20(21)10-17)16(4)12-26(5)6/h7,9-11,16H,8,12H2,1-6H3,(H2,24,28)(H,25,29). The molecular formula is C23H30N4O2. The first-order valence-electron chi connectivity index (χ1n) is 9.86. The summed E-state index contributed by atoms with van der Waals surface area (Å²) in [5.41, 5.74) is 11.5. The van der Waals surface area contributed by atoms with Crippen LogP contribution >= 0.6 is 0 Å². The molecule has 1 aromatic carbocycles. The van der Waals surface area contributed by atoms with Crippen molar-refractivity contribution in [3.05, 3.63) is 68.3 Å². The third kappa shape index (κ3) is 4.12. The molecule has 1 amide bonds. The molecule has 0 saturated carbocycles. The van der Waals surface area contributed by atoms with Crippen molar-refractivity contribution in [1.82, 2.24) is 14.5 Å². The van der Waals surface area contributed by atoms with Gasteiger partial charge in [0.2, 0.25) is 5.91 Å². The third-order valence-corrected chi connectivity index (χ3v) is 5.43. The summed E-state index contributed by atoms with van der Waals surface area (Å²) < 4.78 is 2.20. The molecule has 2 aromatic heterocycles. The lowest BCUT2D eigenvalue weighted by molar-refractivity contribution is 0.100. The minimum atomic E-state index is -0.451. The summed E-state index contributed by atoms with van der Waals surface area (Å²) in [6.45, 7) is 8.84. The number of aryl methyl sites for hydroxylation is 3. The van der Waals surface area contributed by atoms with Gasteiger partial charge in [0.05, 0.1) is 0 Å². The molecular weight excluding hydrogens is 364 g/mol. The number of amides is 1. The predicted octanol–water partition coefficient (Wildman–Crippen LogP) is 3.07. The van der Waals surface area contributed by atoms with Gasteiger partial charge in [-0.15, -0.1) is 0 Å². The first-order valence-corrected chi connectivity index (χ1v) is 9.86. The lowest BCUT2D eigenvalue weighted by atomic mass is 9.97. The number of fused-ring (bicyclic) bond motifs is 1. The van der Waals surface area contributed by atoms with Crippen LogP contribution in [0, 0.1) is 20.8 Å². The molecule has 0 aliphatic rings. The lowest BCUT2D eigenvalue weighted by Gasteiger charge is -2.20. The average molecular weight is 395 g/mol. The van der Waals surface area contributed by atoms with Crippen LogP contribution in [0.4, 0.5) is 0 Å². The highest BCUT2D eigenvalue weighted by Crippen LogP contribution is 2.30. The summed E-state index contributed by atoms with van der Waals surface area (Å²) >= 11 is 0. The highest BCUT2D eigenvalue weighted by atomic mass is 16.1. The number of benzene rings is 1. The van der Waals surface area contributed by atoms with E-state index in [2.05, 4.69) is 33.6 Å². The van der Waals surface area contributed by atoms with Gasteiger partial charge in [-0.1, -0.05) is 0 Å². The zero-order chi connectivity index (χ0) is 21.5. The molecule has 0 spiro atoms. The lowest BCUT2D eigenvalue weighted by Crippen LogP contribution is -2.22. The van der Waals surface area contributed by atoms with Crippen LogP contribution in [-0.4, -0.2) is 41.0 Å². The largest absolute Gasteiger partial charge is 0.366 e. The van der Waals surface area contributed by atoms with Crippen LogP contribution in [0.15, 0.2) is 29.2 Å². The van der Waals surface area contributed by atoms with Gasteiger partial charge >= 0.3 is 0 Å². The summed E-state index contributed by atoms with van der Waals surface area (Å²) in [6.07, 6.45) is 2.53. The number of carbonyl (C=O) groups excluding carboxylic acids is 1. The van der Waals surface area contributed by atoms with Gasteiger partial charge in [0.15, 0.2) is 0 Å². The van der Waals surface area contributed by atoms with Crippen LogP contribution in [0.2, 0.25) is 0 Å². The molecule has 0 aliphatic heterocycles. The van der Waals surface area contributed by atoms with Crippen molar-refractivity contribution in [2.75, 3.05) is 20.6 Å². The van der Waals surface area contributed by atoms with E-state index in [0.29, 0.717) is 17.5 Å². The number of aromatic nitrogens is 2. The topological polar surface area (TPSA) is 84.1 Å². The average Bonchev–Trinajstić information content (AvgIpc) is 2.93. The number of nitrogens with zero attached hydrogens (tertiary/aromatic N) is 2. The molecule has 0 aliphatic carbocycles. The Kier molecular flexibility index (Phi) is 5.66. The van der Waals surface area contributed by atoms with E-state index in [0.717, 1.165) is 39.8 Å². The minimum absolute atomic E-state index is 0.0873. The number of carbonyl (C=O) groups is 1. The fourth-order valence-electron chi connectivity index (χ4n) is 4.23. The van der Waals surface area contributed by atoms with Crippen molar-refractivity contribution < 1.29 is 4.79 Å². The van der Waals surface area contributed by atoms with Gasteiger partial charge in [-0.05, 0) is 76.7 Å². The van der Waals surface area contributed by atoms with Crippen LogP contribution in [0.3, 0.4) is 0 Å². The second kappa shape index (κ2) is 7.87. The zero-order valence-electron chi connectivity index (χ0n) is 18.1. The van der Waals surface area contributed by atoms with E-state index in [1.165, 1.54) is 0 Å². The fraction of sp³-hybridized carbons (Fsp3) is 0.391. The third-order valence-electron chi connectivity index (χ3n) is 5.43. The Balaban J connectivity index is 2.19. The Morgan fingerprint density at radius 1 is 1.17 bits per heavy atom. The van der Waals surface area contributed by atoms with Crippen LogP contribution in [0.1, 0.15) is 51.3 Å². The molecule has 154 valence electrons. The molecule has 0 radical (unpaired) electrons. The Hall–Kier alpha value is -2.86. The number of hydrogen-bond acceptors (Lipinski definition) is 3. The van der Waals surface area contributed by atoms with E-state index < -0.39 is 5.91 Å². The SMILES string of the molecule is Cc1cc(C)c(Cc2cc(C(N)=O)c3c(C)cn(C(C)CN(C)C)c3c2)c(=O)[nH]1. The maximum atomic E-state index is 12.5. The first-order chi connectivity index (χ1) is 13.6. The number of H-pyrrole nitrogens is 1. The molecule has 29 heavy (non-hydrogen) atoms. The predicted molar refractivity (Wildman–Crippen MR) is 118 cm³/mol. The Bertz CT molecular complexity index is 1140. The molecule has 0 saturated heterocycles. The number of nitrogens with two attached hydrogens (primary N) is 1. The molecule has 0 fully saturated rings. The van der Waals surface area contributed by atoms with Gasteiger partial charge in [0.1, 0.15) is 0 Å². The number of nitrogens with one attached hydrogen (secondary N) is 1. The van der Waals surface area contributed by atoms with E-state index >= 15 is 0 Å². The Morgan fingerprint density at radius 3 is 2.45 bits per heavy atom. The van der Waals surface area contributed by atoms with Gasteiger partial charge in [-0.2, -0.15) is 0 Å². The molecule has 2 heterocycles. The van der Waals surface area contributed by atoms with Crippen LogP contribution < -0.4 is 11.3 Å². The summed E-state index contributed by atoms with van der Waals surface area (Å²) in [4.78, 5) is 29.7. The molecule has 0 bridgehead atoms. The van der Waals surface area contributed by atoms with Gasteiger partial charge in [-0.25, -0.2) is 0 Å². The van der Waals surface area contributed by atoms with Crippen molar-refractivity contribution in [1.29, 1.82) is 0 Å². The zero-order valence-corrected chi connectivity index (χ0v) is 18.1. The molecule has 6 heteroatoms. The summed E-state index contributed by atoms with van der Waals surface area (Å²) in [5.74, 6) is -0.451. The quantitative estimate of drug-likeness (QED) is 0.674. The van der Waals surface area contributed by atoms with Gasteiger partial charge in [-0.3, -0.25) is 9.59 Å². The maximum absolute atomic E-state index is 12.5. The number of hydrogen-bond donors (Lipinski definition) is 2. The van der Waals surface area contributed by atoms with E-state index in [1.807, 2.05) is 47.0 Å². The summed E-state index contributed by atoms with van der Waals surface area (Å²) in [6, 6.07) is 6.11. The van der Waals surface area contributed by atoms with Crippen molar-refractivity contribution >= 4 is 16.8 Å². The maximum Gasteiger partial charge on any atom is 0.251 e. The molecule has 6 nitrogen and oxygen atoms in total. The molecule has 3 aromatic rings. The molecule has 3 rings (SSSR count). The van der Waals surface area contributed by atoms with Crippen LogP contribution in [-0.2, 0) is 6.42 Å². The van der Waals surface area contributed by atoms with Crippen LogP contribution in [0.25, 0.3) is 10.9 Å².